The van der Waals surface area contributed by atoms with Gasteiger partial charge in [-0.2, -0.15) is 0 Å². The molecule has 6 nitrogen and oxygen atoms in total. The Labute approximate surface area is 220 Å². The van der Waals surface area contributed by atoms with E-state index >= 15 is 0 Å². The van der Waals surface area contributed by atoms with E-state index in [9.17, 15) is 9.59 Å². The molecule has 0 radical (unpaired) electrons. The molecule has 0 bridgehead atoms. The lowest BCUT2D eigenvalue weighted by Gasteiger charge is -2.52. The SMILES string of the molecule is COC(=O)CN1C(=O)[C@@H](Oc2ccccc2)[C@H]1[C@H](C)O[Si](c1ccccc1)(c1ccccc1)C(C)(C)C. The summed E-state index contributed by atoms with van der Waals surface area (Å²) < 4.78 is 18.3. The Kier molecular flexibility index (Phi) is 7.85. The minimum absolute atomic E-state index is 0.150. The quantitative estimate of drug-likeness (QED) is 0.246. The lowest BCUT2D eigenvalue weighted by Crippen LogP contribution is -2.75. The maximum atomic E-state index is 13.2. The lowest BCUT2D eigenvalue weighted by molar-refractivity contribution is -0.176. The fourth-order valence-electron chi connectivity index (χ4n) is 5.23. The lowest BCUT2D eigenvalue weighted by atomic mass is 9.93. The highest BCUT2D eigenvalue weighted by Gasteiger charge is 2.57. The zero-order valence-corrected chi connectivity index (χ0v) is 23.1. The molecule has 1 amide bonds. The van der Waals surface area contributed by atoms with E-state index in [1.807, 2.05) is 73.7 Å². The summed E-state index contributed by atoms with van der Waals surface area (Å²) in [6.45, 7) is 8.46. The van der Waals surface area contributed by atoms with Crippen LogP contribution in [0.5, 0.6) is 5.75 Å². The van der Waals surface area contributed by atoms with Crippen LogP contribution in [0.4, 0.5) is 0 Å². The molecule has 1 aliphatic heterocycles. The van der Waals surface area contributed by atoms with Crippen molar-refractivity contribution in [2.75, 3.05) is 13.7 Å². The van der Waals surface area contributed by atoms with Gasteiger partial charge in [-0.3, -0.25) is 9.59 Å². The number of hydrogen-bond donors (Lipinski definition) is 0. The normalized spacial score (nSPS) is 18.6. The number of hydrogen-bond acceptors (Lipinski definition) is 5. The molecule has 3 aromatic carbocycles. The molecule has 1 heterocycles. The van der Waals surface area contributed by atoms with Crippen LogP contribution >= 0.6 is 0 Å². The van der Waals surface area contributed by atoms with Crippen LogP contribution in [-0.4, -0.2) is 57.0 Å². The van der Waals surface area contributed by atoms with Crippen LogP contribution in [0.1, 0.15) is 27.7 Å². The van der Waals surface area contributed by atoms with Gasteiger partial charge in [-0.25, -0.2) is 0 Å². The van der Waals surface area contributed by atoms with Gasteiger partial charge in [0.2, 0.25) is 0 Å². The van der Waals surface area contributed by atoms with Crippen molar-refractivity contribution >= 4 is 30.6 Å². The molecule has 0 aromatic heterocycles. The predicted octanol–water partition coefficient (Wildman–Crippen LogP) is 3.78. The van der Waals surface area contributed by atoms with Crippen molar-refractivity contribution in [1.29, 1.82) is 0 Å². The average Bonchev–Trinajstić information content (AvgIpc) is 2.91. The second kappa shape index (κ2) is 10.9. The third-order valence-corrected chi connectivity index (χ3v) is 12.1. The summed E-state index contributed by atoms with van der Waals surface area (Å²) in [5.41, 5.74) is 0. The minimum atomic E-state index is -2.89. The summed E-state index contributed by atoms with van der Waals surface area (Å²) in [5, 5.41) is 2.05. The van der Waals surface area contributed by atoms with Gasteiger partial charge in [0.05, 0.1) is 13.2 Å². The topological polar surface area (TPSA) is 65.1 Å². The third-order valence-electron chi connectivity index (χ3n) is 6.99. The number of carbonyl (C=O) groups excluding carboxylic acids is 2. The summed E-state index contributed by atoms with van der Waals surface area (Å²) >= 11 is 0. The monoisotopic (exact) mass is 517 g/mol. The van der Waals surface area contributed by atoms with Gasteiger partial charge in [0.1, 0.15) is 18.3 Å². The molecule has 1 saturated heterocycles. The van der Waals surface area contributed by atoms with Gasteiger partial charge >= 0.3 is 5.97 Å². The van der Waals surface area contributed by atoms with Crippen LogP contribution in [0.3, 0.4) is 0 Å². The molecular weight excluding hydrogens is 482 g/mol. The number of methoxy groups -OCH3 is 1. The van der Waals surface area contributed by atoms with E-state index in [1.54, 1.807) is 0 Å². The standard InChI is InChI=1S/C30H35NO5Si/c1-22(27-28(35-23-15-9-6-10-16-23)29(33)31(27)21-26(32)34-5)36-37(30(2,3)4,24-17-11-7-12-18-24)25-19-13-8-14-20-25/h6-20,22,27-28H,21H2,1-5H3/t22-,27+,28-/m0/s1. The van der Waals surface area contributed by atoms with Crippen LogP contribution in [0.25, 0.3) is 0 Å². The molecule has 0 saturated carbocycles. The number of para-hydroxylation sites is 1. The number of rotatable bonds is 9. The van der Waals surface area contributed by atoms with Gasteiger partial charge in [-0.15, -0.1) is 0 Å². The van der Waals surface area contributed by atoms with E-state index in [4.69, 9.17) is 13.9 Å². The number of amides is 1. The van der Waals surface area contributed by atoms with Crippen molar-refractivity contribution in [3.63, 3.8) is 0 Å². The van der Waals surface area contributed by atoms with Gasteiger partial charge < -0.3 is 18.8 Å². The number of benzene rings is 3. The van der Waals surface area contributed by atoms with E-state index in [-0.39, 0.29) is 17.5 Å². The maximum absolute atomic E-state index is 13.2. The molecule has 3 atom stereocenters. The van der Waals surface area contributed by atoms with E-state index in [0.717, 1.165) is 10.4 Å². The Morgan fingerprint density at radius 3 is 1.84 bits per heavy atom. The van der Waals surface area contributed by atoms with Gasteiger partial charge in [0.15, 0.2) is 6.10 Å². The summed E-state index contributed by atoms with van der Waals surface area (Å²) in [7, 11) is -1.57. The molecule has 194 valence electrons. The number of likely N-dealkylation sites (tertiary alicyclic amines) is 1. The summed E-state index contributed by atoms with van der Waals surface area (Å²) in [4.78, 5) is 26.9. The Hall–Kier alpha value is -3.42. The van der Waals surface area contributed by atoms with Gasteiger partial charge in [-0.1, -0.05) is 99.6 Å². The van der Waals surface area contributed by atoms with E-state index < -0.39 is 32.5 Å². The van der Waals surface area contributed by atoms with E-state index in [0.29, 0.717) is 5.75 Å². The predicted molar refractivity (Wildman–Crippen MR) is 147 cm³/mol. The molecule has 3 aromatic rings. The minimum Gasteiger partial charge on any atom is -0.478 e. The van der Waals surface area contributed by atoms with Gasteiger partial charge in [0.25, 0.3) is 14.2 Å². The van der Waals surface area contributed by atoms with Crippen LogP contribution in [0, 0.1) is 0 Å². The van der Waals surface area contributed by atoms with Crippen LogP contribution < -0.4 is 15.1 Å². The number of ether oxygens (including phenoxy) is 2. The van der Waals surface area contributed by atoms with Crippen molar-refractivity contribution < 1.29 is 23.5 Å². The summed E-state index contributed by atoms with van der Waals surface area (Å²) in [6.07, 6.45) is -1.19. The van der Waals surface area contributed by atoms with Crippen molar-refractivity contribution in [3.8, 4) is 5.75 Å². The third kappa shape index (κ3) is 5.19. The zero-order chi connectivity index (χ0) is 26.6. The molecule has 4 rings (SSSR count). The number of β-lactam (4-membered cyclic amide) rings is 1. The van der Waals surface area contributed by atoms with Crippen LogP contribution in [-0.2, 0) is 18.8 Å². The highest BCUT2D eigenvalue weighted by molar-refractivity contribution is 6.99. The van der Waals surface area contributed by atoms with Gasteiger partial charge in [-0.05, 0) is 34.5 Å². The first kappa shape index (κ1) is 26.6. The second-order valence-corrected chi connectivity index (χ2v) is 14.6. The van der Waals surface area contributed by atoms with E-state index in [1.165, 1.54) is 12.0 Å². The molecule has 0 spiro atoms. The molecule has 0 aliphatic carbocycles. The Bertz CT molecular complexity index is 1160. The first-order chi connectivity index (χ1) is 17.7. The number of esters is 1. The zero-order valence-electron chi connectivity index (χ0n) is 22.1. The first-order valence-corrected chi connectivity index (χ1v) is 14.5. The molecule has 7 heteroatoms. The van der Waals surface area contributed by atoms with Crippen molar-refractivity contribution in [3.05, 3.63) is 91.0 Å². The first-order valence-electron chi connectivity index (χ1n) is 12.6. The molecular formula is C30H35NO5Si. The fraction of sp³-hybridized carbons (Fsp3) is 0.333. The Morgan fingerprint density at radius 2 is 1.38 bits per heavy atom. The molecule has 1 aliphatic rings. The summed E-state index contributed by atoms with van der Waals surface area (Å²) in [6, 6.07) is 29.5. The van der Waals surface area contributed by atoms with Gasteiger partial charge in [0, 0.05) is 0 Å². The number of carbonyl (C=O) groups is 2. The smallest absolute Gasteiger partial charge is 0.325 e. The fourth-order valence-corrected chi connectivity index (χ4v) is 9.94. The highest BCUT2D eigenvalue weighted by Crippen LogP contribution is 2.39. The second-order valence-electron chi connectivity index (χ2n) is 10.4. The number of nitrogens with zero attached hydrogens (tertiary/aromatic N) is 1. The summed E-state index contributed by atoms with van der Waals surface area (Å²) in [5.74, 6) is -0.132. The Morgan fingerprint density at radius 1 is 0.892 bits per heavy atom. The van der Waals surface area contributed by atoms with E-state index in [2.05, 4.69) is 45.0 Å². The molecule has 0 unspecified atom stereocenters. The largest absolute Gasteiger partial charge is 0.478 e. The van der Waals surface area contributed by atoms with Crippen LogP contribution in [0.15, 0.2) is 91.0 Å². The van der Waals surface area contributed by atoms with Crippen molar-refractivity contribution in [2.45, 2.75) is 51.0 Å². The van der Waals surface area contributed by atoms with Crippen molar-refractivity contribution in [2.24, 2.45) is 0 Å². The Balaban J connectivity index is 1.76. The molecule has 37 heavy (non-hydrogen) atoms. The highest BCUT2D eigenvalue weighted by atomic mass is 28.4. The molecule has 0 N–H and O–H groups in total. The van der Waals surface area contributed by atoms with Crippen molar-refractivity contribution in [1.82, 2.24) is 4.90 Å². The van der Waals surface area contributed by atoms with Crippen LogP contribution in [0.2, 0.25) is 5.04 Å². The average molecular weight is 518 g/mol. The maximum Gasteiger partial charge on any atom is 0.325 e. The molecule has 1 fully saturated rings.